The molecule has 2 aliphatic rings. The molecule has 0 aromatic heterocycles. The van der Waals surface area contributed by atoms with Gasteiger partial charge in [0.25, 0.3) is 0 Å². The van der Waals surface area contributed by atoms with Gasteiger partial charge in [-0.25, -0.2) is 16.8 Å². The van der Waals surface area contributed by atoms with Crippen LogP contribution in [0.5, 0.6) is 0 Å². The maximum atomic E-state index is 13.4. The maximum Gasteiger partial charge on any atom is 0.183 e. The van der Waals surface area contributed by atoms with E-state index in [1.54, 1.807) is 24.3 Å². The normalized spacial score (nSPS) is 24.4. The summed E-state index contributed by atoms with van der Waals surface area (Å²) >= 11 is 6.10. The molecule has 0 bridgehead atoms. The Hall–Kier alpha value is -1.61. The summed E-state index contributed by atoms with van der Waals surface area (Å²) in [6.45, 7) is 4.59. The van der Waals surface area contributed by atoms with E-state index in [-0.39, 0.29) is 16.4 Å². The summed E-state index contributed by atoms with van der Waals surface area (Å²) in [6, 6.07) is 13.9. The van der Waals surface area contributed by atoms with Crippen molar-refractivity contribution in [1.82, 2.24) is 4.90 Å². The molecule has 0 N–H and O–H groups in total. The van der Waals surface area contributed by atoms with E-state index in [1.165, 1.54) is 0 Å². The van der Waals surface area contributed by atoms with Gasteiger partial charge < -0.3 is 4.90 Å². The fourth-order valence-corrected chi connectivity index (χ4v) is 9.52. The Morgan fingerprint density at radius 1 is 1.00 bits per heavy atom. The first-order valence-corrected chi connectivity index (χ1v) is 14.2. The van der Waals surface area contributed by atoms with Gasteiger partial charge in [-0.15, -0.1) is 0 Å². The van der Waals surface area contributed by atoms with Crippen LogP contribution >= 0.6 is 11.6 Å². The number of rotatable bonds is 5. The van der Waals surface area contributed by atoms with Crippen LogP contribution in [0.3, 0.4) is 0 Å². The highest BCUT2D eigenvalue weighted by Gasteiger charge is 2.48. The monoisotopic (exact) mass is 482 g/mol. The molecule has 0 spiro atoms. The number of nitrogens with zero attached hydrogens (tertiary/aromatic N) is 2. The highest BCUT2D eigenvalue weighted by atomic mass is 35.5. The van der Waals surface area contributed by atoms with Crippen LogP contribution in [0, 0.1) is 0 Å². The van der Waals surface area contributed by atoms with Crippen LogP contribution in [-0.4, -0.2) is 70.7 Å². The molecule has 2 heterocycles. The molecule has 2 aliphatic heterocycles. The van der Waals surface area contributed by atoms with Gasteiger partial charge in [0, 0.05) is 42.9 Å². The van der Waals surface area contributed by atoms with Crippen LogP contribution in [0.1, 0.15) is 12.5 Å². The molecule has 0 aliphatic carbocycles. The van der Waals surface area contributed by atoms with Gasteiger partial charge in [-0.1, -0.05) is 36.7 Å². The van der Waals surface area contributed by atoms with E-state index in [9.17, 15) is 16.8 Å². The molecule has 0 radical (unpaired) electrons. The van der Waals surface area contributed by atoms with Crippen LogP contribution in [0.15, 0.2) is 53.4 Å². The van der Waals surface area contributed by atoms with Crippen molar-refractivity contribution in [2.24, 2.45) is 0 Å². The minimum Gasteiger partial charge on any atom is -0.369 e. The summed E-state index contributed by atoms with van der Waals surface area (Å²) in [5.74, 6) is -0.425. The van der Waals surface area contributed by atoms with Crippen molar-refractivity contribution in [2.45, 2.75) is 29.5 Å². The van der Waals surface area contributed by atoms with Crippen molar-refractivity contribution < 1.29 is 16.8 Å². The zero-order valence-corrected chi connectivity index (χ0v) is 19.8. The average molecular weight is 483 g/mol. The van der Waals surface area contributed by atoms with Crippen molar-refractivity contribution in [2.75, 3.05) is 42.6 Å². The number of hydrogen-bond acceptors (Lipinski definition) is 6. The Morgan fingerprint density at radius 2 is 1.68 bits per heavy atom. The summed E-state index contributed by atoms with van der Waals surface area (Å²) in [6.07, 6.45) is 0.817. The molecule has 31 heavy (non-hydrogen) atoms. The number of piperazine rings is 1. The minimum absolute atomic E-state index is 0.110. The number of halogens is 1. The largest absolute Gasteiger partial charge is 0.369 e. The van der Waals surface area contributed by atoms with E-state index in [0.29, 0.717) is 31.2 Å². The van der Waals surface area contributed by atoms with Crippen LogP contribution < -0.4 is 4.90 Å². The predicted molar refractivity (Wildman–Crippen MR) is 124 cm³/mol. The molecule has 2 aromatic carbocycles. The SMILES string of the molecule is CCc1ccc(S(=O)(=O)[C@@H]2CS(=O)(=O)C[C@H]2N2CCN(c3cccc(Cl)c3)CC2)cc1. The second kappa shape index (κ2) is 8.73. The lowest BCUT2D eigenvalue weighted by molar-refractivity contribution is 0.201. The molecular weight excluding hydrogens is 456 g/mol. The van der Waals surface area contributed by atoms with E-state index in [2.05, 4.69) is 4.90 Å². The third-order valence-corrected chi connectivity index (χ3v) is 10.7. The highest BCUT2D eigenvalue weighted by Crippen LogP contribution is 2.30. The standard InChI is InChI=1S/C22H27ClN2O4S2/c1-2-17-6-8-20(9-7-17)31(28,29)22-16-30(26,27)15-21(22)25-12-10-24(11-13-25)19-5-3-4-18(23)14-19/h3-9,14,21-22H,2,10-13,15-16H2,1H3/t21-,22-/m1/s1. The third kappa shape index (κ3) is 4.77. The molecule has 0 amide bonds. The number of hydrogen-bond donors (Lipinski definition) is 0. The topological polar surface area (TPSA) is 74.8 Å². The van der Waals surface area contributed by atoms with Gasteiger partial charge in [-0.2, -0.15) is 0 Å². The quantitative estimate of drug-likeness (QED) is 0.652. The van der Waals surface area contributed by atoms with Gasteiger partial charge in [-0.3, -0.25) is 4.90 Å². The lowest BCUT2D eigenvalue weighted by Gasteiger charge is -2.40. The molecule has 2 atom stereocenters. The summed E-state index contributed by atoms with van der Waals surface area (Å²) in [5, 5.41) is -0.273. The molecule has 0 unspecified atom stereocenters. The van der Waals surface area contributed by atoms with Crippen molar-refractivity contribution >= 4 is 37.0 Å². The molecule has 9 heteroatoms. The van der Waals surface area contributed by atoms with Crippen LogP contribution in [0.4, 0.5) is 5.69 Å². The van der Waals surface area contributed by atoms with Crippen LogP contribution in [0.2, 0.25) is 5.02 Å². The third-order valence-electron chi connectivity index (χ3n) is 6.29. The number of benzene rings is 2. The van der Waals surface area contributed by atoms with Gasteiger partial charge in [-0.05, 0) is 42.3 Å². The van der Waals surface area contributed by atoms with Gasteiger partial charge in [0.2, 0.25) is 0 Å². The first-order chi connectivity index (χ1) is 14.7. The van der Waals surface area contributed by atoms with Gasteiger partial charge in [0.1, 0.15) is 0 Å². The molecule has 168 valence electrons. The Kier molecular flexibility index (Phi) is 6.36. The van der Waals surface area contributed by atoms with Crippen molar-refractivity contribution in [1.29, 1.82) is 0 Å². The highest BCUT2D eigenvalue weighted by molar-refractivity contribution is 7.96. The molecule has 2 saturated heterocycles. The van der Waals surface area contributed by atoms with Gasteiger partial charge in [0.15, 0.2) is 19.7 Å². The van der Waals surface area contributed by atoms with E-state index in [0.717, 1.165) is 17.7 Å². The molecule has 2 aromatic rings. The van der Waals surface area contributed by atoms with Crippen molar-refractivity contribution in [3.05, 3.63) is 59.1 Å². The second-order valence-corrected chi connectivity index (χ2v) is 13.0. The Labute approximate surface area is 189 Å². The molecule has 4 rings (SSSR count). The number of sulfone groups is 2. The van der Waals surface area contributed by atoms with Crippen LogP contribution in [0.25, 0.3) is 0 Å². The fraction of sp³-hybridized carbons (Fsp3) is 0.455. The van der Waals surface area contributed by atoms with Crippen LogP contribution in [-0.2, 0) is 26.1 Å². The first-order valence-electron chi connectivity index (χ1n) is 10.5. The Morgan fingerprint density at radius 3 is 2.29 bits per heavy atom. The fourth-order valence-electron chi connectivity index (χ4n) is 4.51. The summed E-state index contributed by atoms with van der Waals surface area (Å²) < 4.78 is 51.7. The number of aryl methyl sites for hydroxylation is 1. The molecule has 2 fully saturated rings. The molecule has 0 saturated carbocycles. The van der Waals surface area contributed by atoms with E-state index in [4.69, 9.17) is 11.6 Å². The smallest absolute Gasteiger partial charge is 0.183 e. The van der Waals surface area contributed by atoms with E-state index < -0.39 is 31.0 Å². The number of anilines is 1. The van der Waals surface area contributed by atoms with Gasteiger partial charge >= 0.3 is 0 Å². The van der Waals surface area contributed by atoms with E-state index in [1.807, 2.05) is 36.1 Å². The zero-order chi connectivity index (χ0) is 22.2. The predicted octanol–water partition coefficient (Wildman–Crippen LogP) is 2.66. The Balaban J connectivity index is 1.54. The summed E-state index contributed by atoms with van der Waals surface area (Å²) in [5.41, 5.74) is 2.07. The van der Waals surface area contributed by atoms with Gasteiger partial charge in [0.05, 0.1) is 21.7 Å². The first kappa shape index (κ1) is 22.6. The van der Waals surface area contributed by atoms with Crippen molar-refractivity contribution in [3.63, 3.8) is 0 Å². The molecule has 6 nitrogen and oxygen atoms in total. The minimum atomic E-state index is -3.76. The summed E-state index contributed by atoms with van der Waals surface area (Å²) in [4.78, 5) is 4.43. The second-order valence-electron chi connectivity index (χ2n) is 8.23. The Bertz CT molecular complexity index is 1140. The lowest BCUT2D eigenvalue weighted by atomic mass is 10.1. The van der Waals surface area contributed by atoms with E-state index >= 15 is 0 Å². The van der Waals surface area contributed by atoms with Crippen molar-refractivity contribution in [3.8, 4) is 0 Å². The summed E-state index contributed by atoms with van der Waals surface area (Å²) in [7, 11) is -7.18. The lowest BCUT2D eigenvalue weighted by Crippen LogP contribution is -2.55. The average Bonchev–Trinajstić information content (AvgIpc) is 3.10. The molecular formula is C22H27ClN2O4S2. The maximum absolute atomic E-state index is 13.4. The zero-order valence-electron chi connectivity index (χ0n) is 17.4.